The zero-order chi connectivity index (χ0) is 46.4. The molecule has 0 bridgehead atoms. The van der Waals surface area contributed by atoms with Crippen molar-refractivity contribution >= 4 is 43.1 Å². The summed E-state index contributed by atoms with van der Waals surface area (Å²) >= 11 is 0. The van der Waals surface area contributed by atoms with Crippen LogP contribution in [0, 0.1) is 0 Å². The first-order valence-corrected chi connectivity index (χ1v) is 24.2. The molecule has 0 unspecified atom stereocenters. The van der Waals surface area contributed by atoms with E-state index in [1.54, 1.807) is 0 Å². The van der Waals surface area contributed by atoms with Gasteiger partial charge in [0.2, 0.25) is 0 Å². The average molecular weight is 887 g/mol. The zero-order valence-corrected chi connectivity index (χ0v) is 38.6. The molecule has 0 saturated carbocycles. The summed E-state index contributed by atoms with van der Waals surface area (Å²) in [6.45, 7) is 0. The van der Waals surface area contributed by atoms with Gasteiger partial charge in [-0.1, -0.05) is 261 Å². The van der Waals surface area contributed by atoms with E-state index in [0.29, 0.717) is 0 Å². The molecule has 0 aliphatic rings. The predicted molar refractivity (Wildman–Crippen MR) is 300 cm³/mol. The fourth-order valence-corrected chi connectivity index (χ4v) is 11.1. The van der Waals surface area contributed by atoms with Crippen molar-refractivity contribution in [3.63, 3.8) is 0 Å². The molecule has 0 N–H and O–H groups in total. The third kappa shape index (κ3) is 7.09. The zero-order valence-electron chi connectivity index (χ0n) is 38.6. The third-order valence-electron chi connectivity index (χ3n) is 14.3. The van der Waals surface area contributed by atoms with Crippen molar-refractivity contribution in [3.05, 3.63) is 279 Å². The van der Waals surface area contributed by atoms with Gasteiger partial charge in [-0.05, 0) is 150 Å². The smallest absolute Gasteiger partial charge is 0.00199 e. The van der Waals surface area contributed by atoms with Crippen LogP contribution in [0.1, 0.15) is 0 Å². The quantitative estimate of drug-likeness (QED) is 0.133. The molecule has 0 fully saturated rings. The highest BCUT2D eigenvalue weighted by molar-refractivity contribution is 6.24. The molecule has 70 heavy (non-hydrogen) atoms. The lowest BCUT2D eigenvalue weighted by atomic mass is 9.82. The van der Waals surface area contributed by atoms with Gasteiger partial charge in [-0.25, -0.2) is 0 Å². The highest BCUT2D eigenvalue weighted by Crippen LogP contribution is 2.49. The predicted octanol–water partition coefficient (Wildman–Crippen LogP) is 19.6. The molecule has 0 aliphatic carbocycles. The Bertz CT molecular complexity index is 3810. The van der Waals surface area contributed by atoms with Crippen LogP contribution in [0.15, 0.2) is 279 Å². The lowest BCUT2D eigenvalue weighted by Crippen LogP contribution is -1.94. The number of rotatable bonds is 8. The number of hydrogen-bond donors (Lipinski definition) is 0. The van der Waals surface area contributed by atoms with Gasteiger partial charge < -0.3 is 0 Å². The molecule has 326 valence electrons. The van der Waals surface area contributed by atoms with Crippen LogP contribution in [0.3, 0.4) is 0 Å². The molecule has 0 aromatic heterocycles. The second-order valence-electron chi connectivity index (χ2n) is 18.2. The summed E-state index contributed by atoms with van der Waals surface area (Å²) < 4.78 is 0. The molecule has 13 rings (SSSR count). The first-order chi connectivity index (χ1) is 34.8. The average Bonchev–Trinajstić information content (AvgIpc) is 3.44. The maximum Gasteiger partial charge on any atom is -0.00199 e. The van der Waals surface area contributed by atoms with Crippen molar-refractivity contribution in [3.8, 4) is 89.0 Å². The highest BCUT2D eigenvalue weighted by Gasteiger charge is 2.22. The van der Waals surface area contributed by atoms with Crippen LogP contribution >= 0.6 is 0 Å². The largest absolute Gasteiger partial charge is 0.0622 e. The third-order valence-corrected chi connectivity index (χ3v) is 14.3. The van der Waals surface area contributed by atoms with Gasteiger partial charge in [-0.3, -0.25) is 0 Å². The maximum absolute atomic E-state index is 2.45. The molecule has 0 heteroatoms. The minimum Gasteiger partial charge on any atom is -0.0622 e. The van der Waals surface area contributed by atoms with Gasteiger partial charge in [0.15, 0.2) is 0 Å². The van der Waals surface area contributed by atoms with E-state index in [1.807, 2.05) is 0 Å². The van der Waals surface area contributed by atoms with Crippen LogP contribution in [0.4, 0.5) is 0 Å². The first-order valence-electron chi connectivity index (χ1n) is 24.2. The minimum absolute atomic E-state index is 1.18. The van der Waals surface area contributed by atoms with E-state index in [1.165, 1.54) is 132 Å². The Morgan fingerprint density at radius 2 is 0.400 bits per heavy atom. The summed E-state index contributed by atoms with van der Waals surface area (Å²) in [5.41, 5.74) is 19.5. The summed E-state index contributed by atoms with van der Waals surface area (Å²) in [6, 6.07) is 103. The van der Waals surface area contributed by atoms with Crippen molar-refractivity contribution in [1.29, 1.82) is 0 Å². The van der Waals surface area contributed by atoms with E-state index in [-0.39, 0.29) is 0 Å². The van der Waals surface area contributed by atoms with Gasteiger partial charge in [0.25, 0.3) is 0 Å². The Morgan fingerprint density at radius 3 is 0.786 bits per heavy atom. The van der Waals surface area contributed by atoms with Gasteiger partial charge in [0.1, 0.15) is 0 Å². The summed E-state index contributed by atoms with van der Waals surface area (Å²) in [6.07, 6.45) is 0. The van der Waals surface area contributed by atoms with Crippen LogP contribution in [0.25, 0.3) is 132 Å². The van der Waals surface area contributed by atoms with Crippen molar-refractivity contribution in [2.75, 3.05) is 0 Å². The number of hydrogen-bond acceptors (Lipinski definition) is 0. The Kier molecular flexibility index (Phi) is 10.3. The van der Waals surface area contributed by atoms with Crippen LogP contribution < -0.4 is 0 Å². The van der Waals surface area contributed by atoms with E-state index < -0.39 is 0 Å². The summed E-state index contributed by atoms with van der Waals surface area (Å²) in [5, 5.41) is 9.92. The summed E-state index contributed by atoms with van der Waals surface area (Å²) in [5.74, 6) is 0. The van der Waals surface area contributed by atoms with Gasteiger partial charge in [0.05, 0.1) is 0 Å². The second kappa shape index (κ2) is 17.5. The standard InChI is InChI=1S/C70H46/c1-5-22-47(23-6-1)55-32-13-15-34-57(55)69-61-38-19-17-36-59(61)67(49-26-9-3-10-27-49)63-42-40-53(45-65(63)69)51-30-21-31-52(44-51)54-41-43-64-66(46-54)70(58-35-16-14-33-56(58)48-24-7-2-8-25-48)62-39-20-18-37-60(62)68(64)50-28-11-4-12-29-50/h1-46H. The topological polar surface area (TPSA) is 0 Å². The minimum atomic E-state index is 1.18. The molecule has 13 aromatic rings. The van der Waals surface area contributed by atoms with Gasteiger partial charge in [0, 0.05) is 0 Å². The molecular formula is C70H46. The van der Waals surface area contributed by atoms with Crippen molar-refractivity contribution in [1.82, 2.24) is 0 Å². The van der Waals surface area contributed by atoms with Crippen LogP contribution in [-0.2, 0) is 0 Å². The summed E-state index contributed by atoms with van der Waals surface area (Å²) in [4.78, 5) is 0. The molecule has 0 aliphatic heterocycles. The Balaban J connectivity index is 1.04. The molecular weight excluding hydrogens is 841 g/mol. The Hall–Kier alpha value is -9.10. The van der Waals surface area contributed by atoms with Crippen molar-refractivity contribution < 1.29 is 0 Å². The monoisotopic (exact) mass is 886 g/mol. The molecule has 0 heterocycles. The molecule has 13 aromatic carbocycles. The lowest BCUT2D eigenvalue weighted by molar-refractivity contribution is 1.59. The van der Waals surface area contributed by atoms with Crippen LogP contribution in [0.2, 0.25) is 0 Å². The highest BCUT2D eigenvalue weighted by atomic mass is 14.2. The fraction of sp³-hybridized carbons (Fsp3) is 0. The maximum atomic E-state index is 2.45. The molecule has 0 radical (unpaired) electrons. The Labute approximate surface area is 409 Å². The summed E-state index contributed by atoms with van der Waals surface area (Å²) in [7, 11) is 0. The van der Waals surface area contributed by atoms with Gasteiger partial charge in [-0.2, -0.15) is 0 Å². The Morgan fingerprint density at radius 1 is 0.129 bits per heavy atom. The van der Waals surface area contributed by atoms with Crippen LogP contribution in [-0.4, -0.2) is 0 Å². The molecule has 0 amide bonds. The van der Waals surface area contributed by atoms with Crippen molar-refractivity contribution in [2.24, 2.45) is 0 Å². The normalized spacial score (nSPS) is 11.4. The van der Waals surface area contributed by atoms with Crippen molar-refractivity contribution in [2.45, 2.75) is 0 Å². The molecule has 0 atom stereocenters. The number of fused-ring (bicyclic) bond motifs is 4. The van der Waals surface area contributed by atoms with E-state index in [9.17, 15) is 0 Å². The molecule has 0 saturated heterocycles. The van der Waals surface area contributed by atoms with E-state index in [2.05, 4.69) is 279 Å². The van der Waals surface area contributed by atoms with E-state index in [4.69, 9.17) is 0 Å². The van der Waals surface area contributed by atoms with Crippen LogP contribution in [0.5, 0.6) is 0 Å². The first kappa shape index (κ1) is 41.1. The van der Waals surface area contributed by atoms with Gasteiger partial charge >= 0.3 is 0 Å². The van der Waals surface area contributed by atoms with Gasteiger partial charge in [-0.15, -0.1) is 0 Å². The SMILES string of the molecule is c1ccc(-c2ccccc2-c2c3ccccc3c(-c3ccccc3)c3ccc(-c4cccc(-c5ccc6c(-c7ccccc7)c7ccccc7c(-c7ccccc7-c7ccccc7)c6c5)c4)cc23)cc1. The van der Waals surface area contributed by atoms with E-state index >= 15 is 0 Å². The second-order valence-corrected chi connectivity index (χ2v) is 18.2. The molecule has 0 spiro atoms. The fourth-order valence-electron chi connectivity index (χ4n) is 11.1. The lowest BCUT2D eigenvalue weighted by Gasteiger charge is -2.21. The number of benzene rings is 13. The van der Waals surface area contributed by atoms with E-state index in [0.717, 1.165) is 0 Å². The molecule has 0 nitrogen and oxygen atoms in total.